The number of carbonyl (C=O) groups excluding carboxylic acids is 1. The zero-order chi connectivity index (χ0) is 14.8. The quantitative estimate of drug-likeness (QED) is 0.899. The second-order valence-electron chi connectivity index (χ2n) is 5.23. The summed E-state index contributed by atoms with van der Waals surface area (Å²) in [6, 6.07) is 7.56. The number of nitrogens with zero attached hydrogens (tertiary/aromatic N) is 3. The number of aromatic nitrogens is 2. The first-order chi connectivity index (χ1) is 10.2. The van der Waals surface area contributed by atoms with Crippen LogP contribution < -0.4 is 10.6 Å². The Labute approximate surface area is 122 Å². The lowest BCUT2D eigenvalue weighted by Gasteiger charge is -2.23. The average Bonchev–Trinajstić information content (AvgIpc) is 3.05. The highest BCUT2D eigenvalue weighted by molar-refractivity contribution is 5.86. The minimum absolute atomic E-state index is 0.334. The van der Waals surface area contributed by atoms with Gasteiger partial charge in [-0.2, -0.15) is 4.98 Å². The Morgan fingerprint density at radius 1 is 1.48 bits per heavy atom. The van der Waals surface area contributed by atoms with Crippen molar-refractivity contribution in [1.29, 1.82) is 0 Å². The van der Waals surface area contributed by atoms with E-state index in [4.69, 9.17) is 10.3 Å². The van der Waals surface area contributed by atoms with Crippen LogP contribution in [0.15, 0.2) is 28.8 Å². The fraction of sp³-hybridized carbons (Fsp3) is 0.400. The summed E-state index contributed by atoms with van der Waals surface area (Å²) < 4.78 is 5.27. The molecule has 1 amide bonds. The summed E-state index contributed by atoms with van der Waals surface area (Å²) in [5, 5.41) is 3.94. The molecule has 110 valence electrons. The predicted molar refractivity (Wildman–Crippen MR) is 77.6 cm³/mol. The molecule has 0 saturated carbocycles. The van der Waals surface area contributed by atoms with Gasteiger partial charge in [-0.1, -0.05) is 30.3 Å². The van der Waals surface area contributed by atoms with Gasteiger partial charge in [0.2, 0.25) is 11.8 Å². The Bertz CT molecular complexity index is 653. The van der Waals surface area contributed by atoms with E-state index < -0.39 is 0 Å². The minimum Gasteiger partial charge on any atom is -0.368 e. The van der Waals surface area contributed by atoms with Crippen molar-refractivity contribution < 1.29 is 9.32 Å². The Morgan fingerprint density at radius 3 is 3.05 bits per heavy atom. The molecule has 3 rings (SSSR count). The molecular formula is C15H18N4O2. The Hall–Kier alpha value is -2.37. The van der Waals surface area contributed by atoms with Crippen LogP contribution in [0.3, 0.4) is 0 Å². The van der Waals surface area contributed by atoms with Crippen molar-refractivity contribution in [3.8, 4) is 0 Å². The maximum absolute atomic E-state index is 11.7. The van der Waals surface area contributed by atoms with Gasteiger partial charge in [-0.3, -0.25) is 4.79 Å². The van der Waals surface area contributed by atoms with Gasteiger partial charge in [0.05, 0.1) is 6.54 Å². The van der Waals surface area contributed by atoms with E-state index in [1.54, 1.807) is 0 Å². The molecule has 2 N–H and O–H groups in total. The van der Waals surface area contributed by atoms with Gasteiger partial charge in [-0.05, 0) is 18.1 Å². The summed E-state index contributed by atoms with van der Waals surface area (Å²) in [7, 11) is 0. The summed E-state index contributed by atoms with van der Waals surface area (Å²) in [5.74, 6) is 0.886. The van der Waals surface area contributed by atoms with E-state index in [2.05, 4.69) is 17.1 Å². The number of rotatable bonds is 5. The third-order valence-corrected chi connectivity index (χ3v) is 3.71. The zero-order valence-corrected chi connectivity index (χ0v) is 12.0. The van der Waals surface area contributed by atoms with Crippen molar-refractivity contribution in [2.24, 2.45) is 5.73 Å². The lowest BCUT2D eigenvalue weighted by atomic mass is 10.1. The first-order valence-corrected chi connectivity index (χ1v) is 7.14. The molecule has 0 unspecified atom stereocenters. The fourth-order valence-corrected chi connectivity index (χ4v) is 2.72. The van der Waals surface area contributed by atoms with Gasteiger partial charge in [-0.15, -0.1) is 0 Å². The third-order valence-electron chi connectivity index (χ3n) is 3.71. The third kappa shape index (κ3) is 2.61. The summed E-state index contributed by atoms with van der Waals surface area (Å²) in [5.41, 5.74) is 7.66. The molecule has 1 aromatic heterocycles. The van der Waals surface area contributed by atoms with Gasteiger partial charge < -0.3 is 15.2 Å². The van der Waals surface area contributed by atoms with E-state index in [0.717, 1.165) is 24.1 Å². The predicted octanol–water partition coefficient (Wildman–Crippen LogP) is 1.44. The molecule has 0 fully saturated rings. The number of nitrogens with two attached hydrogens (primary N) is 1. The topological polar surface area (TPSA) is 85.3 Å². The number of primary amides is 1. The summed E-state index contributed by atoms with van der Waals surface area (Å²) >= 11 is 0. The van der Waals surface area contributed by atoms with Crippen LogP contribution in [0.1, 0.15) is 30.6 Å². The van der Waals surface area contributed by atoms with Crippen LogP contribution in [0.2, 0.25) is 0 Å². The smallest absolute Gasteiger partial charge is 0.246 e. The van der Waals surface area contributed by atoms with Crippen LogP contribution >= 0.6 is 0 Å². The molecule has 0 saturated heterocycles. The van der Waals surface area contributed by atoms with Gasteiger partial charge in [0.15, 0.2) is 5.82 Å². The van der Waals surface area contributed by atoms with E-state index in [-0.39, 0.29) is 11.9 Å². The highest BCUT2D eigenvalue weighted by Crippen LogP contribution is 2.32. The molecule has 1 aliphatic heterocycles. The number of amides is 1. The summed E-state index contributed by atoms with van der Waals surface area (Å²) in [4.78, 5) is 18.0. The van der Waals surface area contributed by atoms with Crippen molar-refractivity contribution in [2.45, 2.75) is 38.8 Å². The van der Waals surface area contributed by atoms with Crippen LogP contribution in [0.5, 0.6) is 0 Å². The number of anilines is 1. The van der Waals surface area contributed by atoms with Gasteiger partial charge in [0, 0.05) is 18.5 Å². The van der Waals surface area contributed by atoms with Crippen LogP contribution in [-0.4, -0.2) is 22.1 Å². The lowest BCUT2D eigenvalue weighted by molar-refractivity contribution is -0.119. The monoisotopic (exact) mass is 286 g/mol. The van der Waals surface area contributed by atoms with Gasteiger partial charge in [0.1, 0.15) is 6.04 Å². The Balaban J connectivity index is 1.85. The van der Waals surface area contributed by atoms with Gasteiger partial charge in [-0.25, -0.2) is 0 Å². The maximum atomic E-state index is 11.7. The van der Waals surface area contributed by atoms with E-state index in [0.29, 0.717) is 24.7 Å². The second kappa shape index (κ2) is 5.55. The standard InChI is InChI=1S/C15H18N4O2/c1-2-5-13-17-14(21-18-13)9-19-11-7-4-3-6-10(11)8-12(19)15(16)20/h3-4,6-7,12H,2,5,8-9H2,1H3,(H2,16,20)/t12-/m0/s1. The molecule has 1 atom stereocenters. The number of benzene rings is 1. The Morgan fingerprint density at radius 2 is 2.29 bits per heavy atom. The fourth-order valence-electron chi connectivity index (χ4n) is 2.72. The van der Waals surface area contributed by atoms with Crippen LogP contribution in [0.25, 0.3) is 0 Å². The first-order valence-electron chi connectivity index (χ1n) is 7.14. The molecule has 0 bridgehead atoms. The van der Waals surface area contributed by atoms with Gasteiger partial charge >= 0.3 is 0 Å². The Kier molecular flexibility index (Phi) is 3.60. The molecular weight excluding hydrogens is 268 g/mol. The first kappa shape index (κ1) is 13.6. The largest absolute Gasteiger partial charge is 0.368 e. The van der Waals surface area contributed by atoms with Crippen LogP contribution in [0.4, 0.5) is 5.69 Å². The number of para-hydroxylation sites is 1. The molecule has 1 aromatic carbocycles. The number of carbonyl (C=O) groups is 1. The van der Waals surface area contributed by atoms with Crippen molar-refractivity contribution in [3.05, 3.63) is 41.5 Å². The molecule has 1 aliphatic rings. The van der Waals surface area contributed by atoms with E-state index in [1.807, 2.05) is 29.2 Å². The van der Waals surface area contributed by atoms with Gasteiger partial charge in [0.25, 0.3) is 0 Å². The second-order valence-corrected chi connectivity index (χ2v) is 5.23. The molecule has 6 heteroatoms. The van der Waals surface area contributed by atoms with Crippen molar-refractivity contribution in [2.75, 3.05) is 4.90 Å². The molecule has 0 radical (unpaired) electrons. The van der Waals surface area contributed by atoms with Crippen LogP contribution in [-0.2, 0) is 24.2 Å². The van der Waals surface area contributed by atoms with Crippen molar-refractivity contribution >= 4 is 11.6 Å². The van der Waals surface area contributed by atoms with Crippen molar-refractivity contribution in [1.82, 2.24) is 10.1 Å². The number of fused-ring (bicyclic) bond motifs is 1. The molecule has 2 aromatic rings. The maximum Gasteiger partial charge on any atom is 0.246 e. The SMILES string of the molecule is CCCc1noc(CN2c3ccccc3C[C@H]2C(N)=O)n1. The minimum atomic E-state index is -0.357. The molecule has 21 heavy (non-hydrogen) atoms. The number of aryl methyl sites for hydroxylation is 1. The van der Waals surface area contributed by atoms with E-state index in [1.165, 1.54) is 0 Å². The molecule has 6 nitrogen and oxygen atoms in total. The van der Waals surface area contributed by atoms with Crippen molar-refractivity contribution in [3.63, 3.8) is 0 Å². The molecule has 0 aliphatic carbocycles. The molecule has 2 heterocycles. The average molecular weight is 286 g/mol. The molecule has 0 spiro atoms. The van der Waals surface area contributed by atoms with E-state index in [9.17, 15) is 4.79 Å². The lowest BCUT2D eigenvalue weighted by Crippen LogP contribution is -2.42. The van der Waals surface area contributed by atoms with E-state index >= 15 is 0 Å². The normalized spacial score (nSPS) is 17.0. The highest BCUT2D eigenvalue weighted by Gasteiger charge is 2.33. The highest BCUT2D eigenvalue weighted by atomic mass is 16.5. The summed E-state index contributed by atoms with van der Waals surface area (Å²) in [6.45, 7) is 2.47. The zero-order valence-electron chi connectivity index (χ0n) is 12.0. The number of hydrogen-bond acceptors (Lipinski definition) is 5. The number of hydrogen-bond donors (Lipinski definition) is 1. The van der Waals surface area contributed by atoms with Crippen LogP contribution in [0, 0.1) is 0 Å². The summed E-state index contributed by atoms with van der Waals surface area (Å²) in [6.07, 6.45) is 2.39.